The number of carbonyl (C=O) groups is 1. The molecule has 1 saturated heterocycles. The molecule has 5 heteroatoms. The summed E-state index contributed by atoms with van der Waals surface area (Å²) in [4.78, 5) is 19.2. The van der Waals surface area contributed by atoms with Gasteiger partial charge in [0, 0.05) is 31.4 Å². The molecule has 0 aromatic carbocycles. The first-order valence-corrected chi connectivity index (χ1v) is 8.33. The maximum atomic E-state index is 12.3. The van der Waals surface area contributed by atoms with Gasteiger partial charge < -0.3 is 15.3 Å². The van der Waals surface area contributed by atoms with Gasteiger partial charge in [0.05, 0.1) is 12.0 Å². The lowest BCUT2D eigenvalue weighted by molar-refractivity contribution is -0.139. The molecule has 0 atom stereocenters. The maximum Gasteiger partial charge on any atom is 0.228 e. The maximum absolute atomic E-state index is 12.3. The highest BCUT2D eigenvalue weighted by molar-refractivity contribution is 5.83. The van der Waals surface area contributed by atoms with Gasteiger partial charge in [0.1, 0.15) is 5.82 Å². The molecule has 1 amide bonds. The minimum Gasteiger partial charge on any atom is -0.395 e. The van der Waals surface area contributed by atoms with E-state index in [1.807, 2.05) is 18.3 Å². The van der Waals surface area contributed by atoms with Gasteiger partial charge in [-0.1, -0.05) is 12.5 Å². The summed E-state index contributed by atoms with van der Waals surface area (Å²) in [7, 11) is 0. The number of hydrogen-bond acceptors (Lipinski definition) is 4. The third-order valence-corrected chi connectivity index (χ3v) is 5.06. The summed E-state index contributed by atoms with van der Waals surface area (Å²) < 4.78 is 0. The van der Waals surface area contributed by atoms with Gasteiger partial charge in [-0.25, -0.2) is 4.98 Å². The van der Waals surface area contributed by atoms with E-state index in [-0.39, 0.29) is 12.5 Å². The lowest BCUT2D eigenvalue weighted by Crippen LogP contribution is -2.48. The molecule has 1 aliphatic carbocycles. The van der Waals surface area contributed by atoms with Crippen molar-refractivity contribution >= 4 is 11.7 Å². The Morgan fingerprint density at radius 2 is 2.05 bits per heavy atom. The van der Waals surface area contributed by atoms with Crippen LogP contribution >= 0.6 is 0 Å². The van der Waals surface area contributed by atoms with Crippen LogP contribution in [0.4, 0.5) is 5.82 Å². The number of hydrogen-bond donors (Lipinski definition) is 2. The quantitative estimate of drug-likeness (QED) is 0.871. The van der Waals surface area contributed by atoms with Crippen molar-refractivity contribution in [2.24, 2.45) is 5.41 Å². The molecule has 2 heterocycles. The number of amides is 1. The van der Waals surface area contributed by atoms with E-state index in [0.29, 0.717) is 6.54 Å². The normalized spacial score (nSPS) is 20.3. The molecule has 3 rings (SSSR count). The van der Waals surface area contributed by atoms with E-state index in [9.17, 15) is 9.90 Å². The molecule has 1 saturated carbocycles. The first-order chi connectivity index (χ1) is 10.7. The standard InChI is InChI=1S/C17H25N3O2/c21-13-17(7-5-8-17)16(22)19-12-14-6-4-9-18-15(14)20-10-2-1-3-11-20/h4,6,9,21H,1-3,5,7-8,10-13H2,(H,19,22). The van der Waals surface area contributed by atoms with Crippen LogP contribution in [0, 0.1) is 5.41 Å². The average Bonchev–Trinajstić information content (AvgIpc) is 2.53. The molecule has 0 unspecified atom stereocenters. The SMILES string of the molecule is O=C(NCc1cccnc1N1CCCCC1)C1(CO)CCC1. The molecule has 0 radical (unpaired) electrons. The monoisotopic (exact) mass is 303 g/mol. The van der Waals surface area contributed by atoms with Crippen LogP contribution in [-0.2, 0) is 11.3 Å². The average molecular weight is 303 g/mol. The van der Waals surface area contributed by atoms with E-state index in [1.165, 1.54) is 19.3 Å². The minimum absolute atomic E-state index is 0.0188. The van der Waals surface area contributed by atoms with Crippen molar-refractivity contribution in [3.63, 3.8) is 0 Å². The van der Waals surface area contributed by atoms with E-state index in [1.54, 1.807) is 0 Å². The first-order valence-electron chi connectivity index (χ1n) is 8.33. The molecule has 2 fully saturated rings. The van der Waals surface area contributed by atoms with Crippen molar-refractivity contribution < 1.29 is 9.90 Å². The lowest BCUT2D eigenvalue weighted by Gasteiger charge is -2.38. The van der Waals surface area contributed by atoms with Crippen LogP contribution < -0.4 is 10.2 Å². The molecule has 0 bridgehead atoms. The molecule has 22 heavy (non-hydrogen) atoms. The summed E-state index contributed by atoms with van der Waals surface area (Å²) in [5.41, 5.74) is 0.526. The second-order valence-electron chi connectivity index (χ2n) is 6.51. The number of rotatable bonds is 5. The molecule has 5 nitrogen and oxygen atoms in total. The summed E-state index contributed by atoms with van der Waals surface area (Å²) >= 11 is 0. The summed E-state index contributed by atoms with van der Waals surface area (Å²) in [6.45, 7) is 2.52. The number of carbonyl (C=O) groups excluding carboxylic acids is 1. The number of anilines is 1. The topological polar surface area (TPSA) is 65.5 Å². The van der Waals surface area contributed by atoms with Gasteiger partial charge in [-0.2, -0.15) is 0 Å². The van der Waals surface area contributed by atoms with Crippen molar-refractivity contribution in [2.75, 3.05) is 24.6 Å². The molecule has 1 aromatic rings. The molecule has 1 aliphatic heterocycles. The van der Waals surface area contributed by atoms with E-state index >= 15 is 0 Å². The highest BCUT2D eigenvalue weighted by atomic mass is 16.3. The lowest BCUT2D eigenvalue weighted by atomic mass is 9.68. The van der Waals surface area contributed by atoms with E-state index in [4.69, 9.17) is 0 Å². The van der Waals surface area contributed by atoms with Gasteiger partial charge in [0.25, 0.3) is 0 Å². The van der Waals surface area contributed by atoms with E-state index < -0.39 is 5.41 Å². The molecule has 1 aromatic heterocycles. The van der Waals surface area contributed by atoms with Crippen molar-refractivity contribution in [2.45, 2.75) is 45.1 Å². The molecule has 0 spiro atoms. The predicted molar refractivity (Wildman–Crippen MR) is 85.5 cm³/mol. The Morgan fingerprint density at radius 1 is 1.27 bits per heavy atom. The minimum atomic E-state index is -0.534. The largest absolute Gasteiger partial charge is 0.395 e. The third kappa shape index (κ3) is 2.95. The smallest absolute Gasteiger partial charge is 0.228 e. The van der Waals surface area contributed by atoms with Crippen molar-refractivity contribution in [3.8, 4) is 0 Å². The fourth-order valence-corrected chi connectivity index (χ4v) is 3.38. The van der Waals surface area contributed by atoms with Gasteiger partial charge in [-0.3, -0.25) is 4.79 Å². The van der Waals surface area contributed by atoms with Gasteiger partial charge in [0.15, 0.2) is 0 Å². The summed E-state index contributed by atoms with van der Waals surface area (Å²) in [5, 5.41) is 12.5. The highest BCUT2D eigenvalue weighted by Crippen LogP contribution is 2.40. The van der Waals surface area contributed by atoms with Crippen LogP contribution in [0.5, 0.6) is 0 Å². The summed E-state index contributed by atoms with van der Waals surface area (Å²) in [5.74, 6) is 0.976. The summed E-state index contributed by atoms with van der Waals surface area (Å²) in [6.07, 6.45) is 8.12. The Bertz CT molecular complexity index is 517. The number of aliphatic hydroxyl groups is 1. The molecular formula is C17H25N3O2. The number of aromatic nitrogens is 1. The van der Waals surface area contributed by atoms with Crippen LogP contribution in [0.25, 0.3) is 0 Å². The Labute approximate surface area is 131 Å². The van der Waals surface area contributed by atoms with Crippen LogP contribution in [0.1, 0.15) is 44.1 Å². The number of nitrogens with one attached hydrogen (secondary N) is 1. The van der Waals surface area contributed by atoms with Gasteiger partial charge >= 0.3 is 0 Å². The van der Waals surface area contributed by atoms with Crippen LogP contribution in [0.2, 0.25) is 0 Å². The molecule has 2 aliphatic rings. The van der Waals surface area contributed by atoms with Gasteiger partial charge in [-0.15, -0.1) is 0 Å². The zero-order valence-corrected chi connectivity index (χ0v) is 13.1. The second kappa shape index (κ2) is 6.65. The van der Waals surface area contributed by atoms with E-state index in [2.05, 4.69) is 15.2 Å². The van der Waals surface area contributed by atoms with E-state index in [0.717, 1.165) is 43.7 Å². The molecular weight excluding hydrogens is 278 g/mol. The van der Waals surface area contributed by atoms with Crippen LogP contribution in [0.3, 0.4) is 0 Å². The van der Waals surface area contributed by atoms with Crippen molar-refractivity contribution in [3.05, 3.63) is 23.9 Å². The zero-order valence-electron chi connectivity index (χ0n) is 13.1. The Balaban J connectivity index is 1.66. The predicted octanol–water partition coefficient (Wildman–Crippen LogP) is 1.85. The Kier molecular flexibility index (Phi) is 4.62. The fourth-order valence-electron chi connectivity index (χ4n) is 3.38. The third-order valence-electron chi connectivity index (χ3n) is 5.06. The zero-order chi connectivity index (χ0) is 15.4. The number of pyridine rings is 1. The number of nitrogens with zero attached hydrogens (tertiary/aromatic N) is 2. The highest BCUT2D eigenvalue weighted by Gasteiger charge is 2.43. The van der Waals surface area contributed by atoms with Crippen LogP contribution in [0.15, 0.2) is 18.3 Å². The number of piperidine rings is 1. The van der Waals surface area contributed by atoms with Crippen molar-refractivity contribution in [1.82, 2.24) is 10.3 Å². The number of aliphatic hydroxyl groups excluding tert-OH is 1. The summed E-state index contributed by atoms with van der Waals surface area (Å²) in [6, 6.07) is 3.95. The van der Waals surface area contributed by atoms with Crippen molar-refractivity contribution in [1.29, 1.82) is 0 Å². The molecule has 2 N–H and O–H groups in total. The first kappa shape index (κ1) is 15.3. The van der Waals surface area contributed by atoms with Gasteiger partial charge in [-0.05, 0) is 38.2 Å². The molecule has 120 valence electrons. The Hall–Kier alpha value is -1.62. The Morgan fingerprint density at radius 3 is 2.68 bits per heavy atom. The van der Waals surface area contributed by atoms with Crippen LogP contribution in [-0.4, -0.2) is 35.7 Å². The fraction of sp³-hybridized carbons (Fsp3) is 0.647. The second-order valence-corrected chi connectivity index (χ2v) is 6.51. The van der Waals surface area contributed by atoms with Gasteiger partial charge in [0.2, 0.25) is 5.91 Å².